The minimum atomic E-state index is 0.273. The second-order valence-electron chi connectivity index (χ2n) is 2.84. The Balaban J connectivity index is 2.99. The van der Waals surface area contributed by atoms with Gasteiger partial charge in [0.1, 0.15) is 0 Å². The first-order valence-corrected chi connectivity index (χ1v) is 4.78. The first-order valence-electron chi connectivity index (χ1n) is 4.78. The highest BCUT2D eigenvalue weighted by atomic mass is 16.2. The first-order chi connectivity index (χ1) is 5.91. The highest BCUT2D eigenvalue weighted by molar-refractivity contribution is 4.82. The lowest BCUT2D eigenvalue weighted by molar-refractivity contribution is 0.302. The van der Waals surface area contributed by atoms with E-state index in [1.54, 1.807) is 0 Å². The third kappa shape index (κ3) is 9.44. The van der Waals surface area contributed by atoms with Gasteiger partial charge in [-0.15, -0.1) is 0 Å². The molecule has 0 spiro atoms. The summed E-state index contributed by atoms with van der Waals surface area (Å²) >= 11 is 0. The molecule has 0 saturated carbocycles. The van der Waals surface area contributed by atoms with Crippen LogP contribution in [0.2, 0.25) is 0 Å². The van der Waals surface area contributed by atoms with Crippen molar-refractivity contribution in [1.29, 1.82) is 0 Å². The van der Waals surface area contributed by atoms with Gasteiger partial charge >= 0.3 is 0 Å². The summed E-state index contributed by atoms with van der Waals surface area (Å²) in [6, 6.07) is 0. The Bertz CT molecular complexity index is 125. The Morgan fingerprint density at radius 2 is 1.50 bits per heavy atom. The molecule has 0 radical (unpaired) electrons. The normalized spacial score (nSPS) is 11.8. The van der Waals surface area contributed by atoms with E-state index < -0.39 is 0 Å². The van der Waals surface area contributed by atoms with E-state index in [1.807, 2.05) is 0 Å². The zero-order valence-corrected chi connectivity index (χ0v) is 8.00. The maximum atomic E-state index is 8.48. The van der Waals surface area contributed by atoms with Crippen LogP contribution >= 0.6 is 0 Å². The summed E-state index contributed by atoms with van der Waals surface area (Å²) in [7, 11) is 0. The lowest BCUT2D eigenvalue weighted by Crippen LogP contribution is -1.76. The fourth-order valence-corrected chi connectivity index (χ4v) is 1.00. The molecule has 70 valence electrons. The van der Waals surface area contributed by atoms with Crippen LogP contribution in [0.5, 0.6) is 0 Å². The van der Waals surface area contributed by atoms with Gasteiger partial charge in [0.05, 0.1) is 0 Å². The van der Waals surface area contributed by atoms with Gasteiger partial charge < -0.3 is 5.11 Å². The number of hydrogen-bond acceptors (Lipinski definition) is 1. The molecule has 1 nitrogen and oxygen atoms in total. The fraction of sp³-hybridized carbons (Fsp3) is 0.636. The smallest absolute Gasteiger partial charge is 0.0465 e. The Morgan fingerprint density at radius 3 is 2.08 bits per heavy atom. The second-order valence-corrected chi connectivity index (χ2v) is 2.84. The van der Waals surface area contributed by atoms with Crippen LogP contribution in [0.3, 0.4) is 0 Å². The summed E-state index contributed by atoms with van der Waals surface area (Å²) in [6.45, 7) is 2.33. The van der Waals surface area contributed by atoms with Gasteiger partial charge in [-0.05, 0) is 39.0 Å². The molecule has 0 rings (SSSR count). The van der Waals surface area contributed by atoms with E-state index >= 15 is 0 Å². The minimum absolute atomic E-state index is 0.273. The maximum absolute atomic E-state index is 8.48. The van der Waals surface area contributed by atoms with Gasteiger partial charge in [0.2, 0.25) is 0 Å². The molecule has 1 N–H and O–H groups in total. The van der Waals surface area contributed by atoms with E-state index in [1.165, 1.54) is 19.3 Å². The lowest BCUT2D eigenvalue weighted by Gasteiger charge is -1.92. The molecule has 0 aromatic rings. The van der Waals surface area contributed by atoms with Gasteiger partial charge in [-0.2, -0.15) is 0 Å². The Labute approximate surface area is 75.8 Å². The molecule has 0 saturated heterocycles. The SMILES string of the molecule is CC=CCCCCC=CCCO. The van der Waals surface area contributed by atoms with Crippen molar-refractivity contribution >= 4 is 0 Å². The maximum Gasteiger partial charge on any atom is 0.0465 e. The summed E-state index contributed by atoms with van der Waals surface area (Å²) in [5.74, 6) is 0. The van der Waals surface area contributed by atoms with Crippen molar-refractivity contribution in [2.45, 2.75) is 39.0 Å². The molecule has 0 aliphatic rings. The van der Waals surface area contributed by atoms with Gasteiger partial charge in [-0.3, -0.25) is 0 Å². The number of aliphatic hydroxyl groups excluding tert-OH is 1. The standard InChI is InChI=1S/C11H20O/c1-2-3-4-5-6-7-8-9-10-11-12/h2-3,8-9,12H,4-7,10-11H2,1H3. The van der Waals surface area contributed by atoms with Crippen LogP contribution < -0.4 is 0 Å². The van der Waals surface area contributed by atoms with Crippen LogP contribution in [0, 0.1) is 0 Å². The molecule has 0 heterocycles. The van der Waals surface area contributed by atoms with Gasteiger partial charge in [0, 0.05) is 6.61 Å². The van der Waals surface area contributed by atoms with Crippen molar-refractivity contribution in [2.24, 2.45) is 0 Å². The predicted molar refractivity (Wildman–Crippen MR) is 54.1 cm³/mol. The molecule has 0 aromatic carbocycles. The largest absolute Gasteiger partial charge is 0.396 e. The third-order valence-electron chi connectivity index (χ3n) is 1.69. The number of hydrogen-bond donors (Lipinski definition) is 1. The highest BCUT2D eigenvalue weighted by Crippen LogP contribution is 2.01. The Kier molecular flexibility index (Phi) is 9.95. The van der Waals surface area contributed by atoms with Crippen LogP contribution in [0.4, 0.5) is 0 Å². The molecule has 12 heavy (non-hydrogen) atoms. The third-order valence-corrected chi connectivity index (χ3v) is 1.69. The average Bonchev–Trinajstić information content (AvgIpc) is 2.10. The Morgan fingerprint density at radius 1 is 0.917 bits per heavy atom. The molecule has 0 aliphatic heterocycles. The molecule has 0 aromatic heterocycles. The summed E-state index contributed by atoms with van der Waals surface area (Å²) in [5.41, 5.74) is 0. The van der Waals surface area contributed by atoms with Crippen molar-refractivity contribution in [1.82, 2.24) is 0 Å². The van der Waals surface area contributed by atoms with Crippen LogP contribution in [0.25, 0.3) is 0 Å². The molecule has 0 fully saturated rings. The summed E-state index contributed by atoms with van der Waals surface area (Å²) in [5, 5.41) is 8.48. The molecule has 1 heteroatoms. The quantitative estimate of drug-likeness (QED) is 0.457. The first kappa shape index (κ1) is 11.4. The monoisotopic (exact) mass is 168 g/mol. The van der Waals surface area contributed by atoms with E-state index in [0.717, 1.165) is 12.8 Å². The van der Waals surface area contributed by atoms with Gasteiger partial charge in [-0.1, -0.05) is 24.3 Å². The van der Waals surface area contributed by atoms with Crippen molar-refractivity contribution in [2.75, 3.05) is 6.61 Å². The number of rotatable bonds is 7. The van der Waals surface area contributed by atoms with E-state index in [-0.39, 0.29) is 6.61 Å². The van der Waals surface area contributed by atoms with Crippen LogP contribution in [0.15, 0.2) is 24.3 Å². The number of allylic oxidation sites excluding steroid dienone is 3. The molecular weight excluding hydrogens is 148 g/mol. The van der Waals surface area contributed by atoms with Gasteiger partial charge in [-0.25, -0.2) is 0 Å². The van der Waals surface area contributed by atoms with Crippen molar-refractivity contribution in [3.8, 4) is 0 Å². The number of aliphatic hydroxyl groups is 1. The number of unbranched alkanes of at least 4 members (excludes halogenated alkanes) is 3. The molecule has 0 aliphatic carbocycles. The Hall–Kier alpha value is -0.560. The van der Waals surface area contributed by atoms with Crippen LogP contribution in [0.1, 0.15) is 39.0 Å². The van der Waals surface area contributed by atoms with Gasteiger partial charge in [0.25, 0.3) is 0 Å². The summed E-state index contributed by atoms with van der Waals surface area (Å²) in [6.07, 6.45) is 14.2. The molecule has 0 atom stereocenters. The zero-order chi connectivity index (χ0) is 9.07. The highest BCUT2D eigenvalue weighted by Gasteiger charge is 1.82. The summed E-state index contributed by atoms with van der Waals surface area (Å²) in [4.78, 5) is 0. The van der Waals surface area contributed by atoms with Crippen LogP contribution in [-0.4, -0.2) is 11.7 Å². The van der Waals surface area contributed by atoms with E-state index in [2.05, 4.69) is 31.2 Å². The van der Waals surface area contributed by atoms with Crippen molar-refractivity contribution in [3.05, 3.63) is 24.3 Å². The second kappa shape index (κ2) is 10.4. The molecular formula is C11H20O. The summed E-state index contributed by atoms with van der Waals surface area (Å²) < 4.78 is 0. The van der Waals surface area contributed by atoms with Crippen molar-refractivity contribution < 1.29 is 5.11 Å². The molecule has 0 amide bonds. The van der Waals surface area contributed by atoms with E-state index in [9.17, 15) is 0 Å². The molecule has 0 bridgehead atoms. The van der Waals surface area contributed by atoms with Crippen LogP contribution in [-0.2, 0) is 0 Å². The topological polar surface area (TPSA) is 20.2 Å². The van der Waals surface area contributed by atoms with E-state index in [0.29, 0.717) is 0 Å². The van der Waals surface area contributed by atoms with Crippen molar-refractivity contribution in [3.63, 3.8) is 0 Å². The lowest BCUT2D eigenvalue weighted by atomic mass is 10.2. The zero-order valence-electron chi connectivity index (χ0n) is 8.00. The predicted octanol–water partition coefficient (Wildman–Crippen LogP) is 3.06. The minimum Gasteiger partial charge on any atom is -0.396 e. The fourth-order valence-electron chi connectivity index (χ4n) is 1.00. The average molecular weight is 168 g/mol. The molecule has 0 unspecified atom stereocenters. The van der Waals surface area contributed by atoms with Gasteiger partial charge in [0.15, 0.2) is 0 Å². The van der Waals surface area contributed by atoms with E-state index in [4.69, 9.17) is 5.11 Å².